The summed E-state index contributed by atoms with van der Waals surface area (Å²) in [6.07, 6.45) is 0.629. The molecule has 0 saturated carbocycles. The van der Waals surface area contributed by atoms with Gasteiger partial charge in [0.05, 0.1) is 33.5 Å². The lowest BCUT2D eigenvalue weighted by Gasteiger charge is -2.35. The maximum absolute atomic E-state index is 9.31. The first-order valence-corrected chi connectivity index (χ1v) is 6.27. The summed E-state index contributed by atoms with van der Waals surface area (Å²) in [5.41, 5.74) is 2.72. The van der Waals surface area contributed by atoms with Gasteiger partial charge in [0, 0.05) is 0 Å². The molecule has 0 aliphatic carbocycles. The average molecular weight is 261 g/mol. The Balaban J connectivity index is 2.44. The van der Waals surface area contributed by atoms with Crippen molar-refractivity contribution in [3.05, 3.63) is 22.8 Å². The lowest BCUT2D eigenvalue weighted by Crippen LogP contribution is -2.43. The Hall–Kier alpha value is -1.73. The third kappa shape index (κ3) is 2.26. The second-order valence-electron chi connectivity index (χ2n) is 5.08. The summed E-state index contributed by atoms with van der Waals surface area (Å²) in [4.78, 5) is 0. The van der Waals surface area contributed by atoms with Gasteiger partial charge in [-0.1, -0.05) is 0 Å². The van der Waals surface area contributed by atoms with Crippen molar-refractivity contribution >= 4 is 0 Å². The lowest BCUT2D eigenvalue weighted by molar-refractivity contribution is -0.0767. The van der Waals surface area contributed by atoms with Crippen molar-refractivity contribution in [2.45, 2.75) is 20.3 Å². The molecule has 4 heteroatoms. The van der Waals surface area contributed by atoms with Gasteiger partial charge in [0.25, 0.3) is 0 Å². The van der Waals surface area contributed by atoms with Crippen LogP contribution in [0.4, 0.5) is 0 Å². The fourth-order valence-electron chi connectivity index (χ4n) is 2.47. The van der Waals surface area contributed by atoms with Crippen LogP contribution in [0, 0.1) is 30.6 Å². The van der Waals surface area contributed by atoms with E-state index in [2.05, 4.69) is 6.07 Å². The third-order valence-corrected chi connectivity index (χ3v) is 3.82. The van der Waals surface area contributed by atoms with Crippen LogP contribution >= 0.6 is 0 Å². The van der Waals surface area contributed by atoms with Crippen LogP contribution < -0.4 is 9.47 Å². The highest BCUT2D eigenvalue weighted by atomic mass is 16.5. The first-order valence-electron chi connectivity index (χ1n) is 6.27. The van der Waals surface area contributed by atoms with Crippen LogP contribution in [0.1, 0.15) is 16.7 Å². The highest BCUT2D eigenvalue weighted by molar-refractivity contribution is 5.53. The number of methoxy groups -OCH3 is 2. The minimum absolute atomic E-state index is 0.417. The molecule has 102 valence electrons. The molecule has 2 rings (SSSR count). The zero-order valence-electron chi connectivity index (χ0n) is 11.9. The molecular weight excluding hydrogens is 242 g/mol. The van der Waals surface area contributed by atoms with E-state index in [-0.39, 0.29) is 0 Å². The van der Waals surface area contributed by atoms with E-state index >= 15 is 0 Å². The van der Waals surface area contributed by atoms with Crippen LogP contribution in [0.5, 0.6) is 11.5 Å². The molecule has 1 heterocycles. The van der Waals surface area contributed by atoms with Gasteiger partial charge in [-0.05, 0) is 43.0 Å². The molecule has 1 saturated heterocycles. The lowest BCUT2D eigenvalue weighted by atomic mass is 9.80. The van der Waals surface area contributed by atoms with Gasteiger partial charge in [-0.3, -0.25) is 0 Å². The van der Waals surface area contributed by atoms with Gasteiger partial charge in [0.2, 0.25) is 0 Å². The van der Waals surface area contributed by atoms with Crippen molar-refractivity contribution in [3.63, 3.8) is 0 Å². The molecule has 0 atom stereocenters. The molecule has 1 aromatic rings. The Kier molecular flexibility index (Phi) is 3.68. The summed E-state index contributed by atoms with van der Waals surface area (Å²) < 4.78 is 16.1. The smallest absolute Gasteiger partial charge is 0.125 e. The summed E-state index contributed by atoms with van der Waals surface area (Å²) in [6, 6.07) is 4.34. The Labute approximate surface area is 113 Å². The highest BCUT2D eigenvalue weighted by Crippen LogP contribution is 2.39. The van der Waals surface area contributed by atoms with Gasteiger partial charge in [0.15, 0.2) is 0 Å². The molecule has 1 fully saturated rings. The van der Waals surface area contributed by atoms with Gasteiger partial charge >= 0.3 is 0 Å². The van der Waals surface area contributed by atoms with Gasteiger partial charge in [-0.15, -0.1) is 0 Å². The standard InChI is InChI=1S/C15H19NO3/c1-10-11(2)14(18-4)12(5-13(10)17-3)6-15(7-16)8-19-9-15/h5H,6,8-9H2,1-4H3. The van der Waals surface area contributed by atoms with Crippen molar-refractivity contribution in [3.8, 4) is 17.6 Å². The molecule has 0 unspecified atom stereocenters. The molecule has 1 aliphatic rings. The van der Waals surface area contributed by atoms with Crippen LogP contribution in [-0.4, -0.2) is 27.4 Å². The van der Waals surface area contributed by atoms with Crippen LogP contribution in [0.25, 0.3) is 0 Å². The number of nitrogens with zero attached hydrogens (tertiary/aromatic N) is 1. The van der Waals surface area contributed by atoms with E-state index in [9.17, 15) is 5.26 Å². The van der Waals surface area contributed by atoms with E-state index in [1.807, 2.05) is 19.9 Å². The average Bonchev–Trinajstić information content (AvgIpc) is 2.38. The number of hydrogen-bond acceptors (Lipinski definition) is 4. The monoisotopic (exact) mass is 261 g/mol. The molecular formula is C15H19NO3. The molecule has 0 aromatic heterocycles. The van der Waals surface area contributed by atoms with Gasteiger partial charge < -0.3 is 14.2 Å². The molecule has 0 N–H and O–H groups in total. The molecule has 1 aliphatic heterocycles. The zero-order chi connectivity index (χ0) is 14.0. The molecule has 0 spiro atoms. The number of nitriles is 1. The third-order valence-electron chi connectivity index (χ3n) is 3.82. The first kappa shape index (κ1) is 13.7. The van der Waals surface area contributed by atoms with E-state index in [1.54, 1.807) is 14.2 Å². The Morgan fingerprint density at radius 1 is 1.26 bits per heavy atom. The van der Waals surface area contributed by atoms with Crippen molar-refractivity contribution in [2.24, 2.45) is 5.41 Å². The topological polar surface area (TPSA) is 51.5 Å². The Bertz CT molecular complexity index is 527. The fraction of sp³-hybridized carbons (Fsp3) is 0.533. The summed E-state index contributed by atoms with van der Waals surface area (Å²) in [5.74, 6) is 1.68. The van der Waals surface area contributed by atoms with Crippen LogP contribution in [0.3, 0.4) is 0 Å². The summed E-state index contributed by atoms with van der Waals surface area (Å²) >= 11 is 0. The minimum Gasteiger partial charge on any atom is -0.496 e. The number of ether oxygens (including phenoxy) is 3. The number of benzene rings is 1. The molecule has 4 nitrogen and oxygen atoms in total. The van der Waals surface area contributed by atoms with Crippen LogP contribution in [0.15, 0.2) is 6.07 Å². The van der Waals surface area contributed by atoms with E-state index in [0.717, 1.165) is 28.2 Å². The maximum Gasteiger partial charge on any atom is 0.125 e. The summed E-state index contributed by atoms with van der Waals surface area (Å²) in [6.45, 7) is 4.99. The molecule has 0 amide bonds. The summed E-state index contributed by atoms with van der Waals surface area (Å²) in [5, 5.41) is 9.31. The normalized spacial score (nSPS) is 16.4. The van der Waals surface area contributed by atoms with E-state index in [0.29, 0.717) is 19.6 Å². The minimum atomic E-state index is -0.417. The Morgan fingerprint density at radius 2 is 1.95 bits per heavy atom. The van der Waals surface area contributed by atoms with E-state index < -0.39 is 5.41 Å². The van der Waals surface area contributed by atoms with Gasteiger partial charge in [-0.2, -0.15) is 5.26 Å². The zero-order valence-corrected chi connectivity index (χ0v) is 11.9. The second-order valence-corrected chi connectivity index (χ2v) is 5.08. The van der Waals surface area contributed by atoms with E-state index in [4.69, 9.17) is 14.2 Å². The van der Waals surface area contributed by atoms with Crippen LogP contribution in [0.2, 0.25) is 0 Å². The maximum atomic E-state index is 9.31. The second kappa shape index (κ2) is 5.10. The fourth-order valence-corrected chi connectivity index (χ4v) is 2.47. The van der Waals surface area contributed by atoms with Gasteiger partial charge in [-0.25, -0.2) is 0 Å². The number of rotatable bonds is 4. The predicted molar refractivity (Wildman–Crippen MR) is 71.6 cm³/mol. The van der Waals surface area contributed by atoms with Crippen molar-refractivity contribution < 1.29 is 14.2 Å². The van der Waals surface area contributed by atoms with Crippen molar-refractivity contribution in [1.82, 2.24) is 0 Å². The molecule has 1 aromatic carbocycles. The molecule has 19 heavy (non-hydrogen) atoms. The quantitative estimate of drug-likeness (QED) is 0.835. The highest BCUT2D eigenvalue weighted by Gasteiger charge is 2.40. The molecule has 0 bridgehead atoms. The molecule has 0 radical (unpaired) electrons. The SMILES string of the molecule is COc1cc(CC2(C#N)COC2)c(OC)c(C)c1C. The number of hydrogen-bond donors (Lipinski definition) is 0. The van der Waals surface area contributed by atoms with Crippen molar-refractivity contribution in [2.75, 3.05) is 27.4 Å². The largest absolute Gasteiger partial charge is 0.496 e. The Morgan fingerprint density at radius 3 is 2.37 bits per heavy atom. The first-order chi connectivity index (χ1) is 9.06. The van der Waals surface area contributed by atoms with Gasteiger partial charge in [0.1, 0.15) is 16.9 Å². The summed E-state index contributed by atoms with van der Waals surface area (Å²) in [7, 11) is 3.32. The van der Waals surface area contributed by atoms with E-state index in [1.165, 1.54) is 0 Å². The van der Waals surface area contributed by atoms with Crippen molar-refractivity contribution in [1.29, 1.82) is 5.26 Å². The predicted octanol–water partition coefficient (Wildman–Crippen LogP) is 2.40. The van der Waals surface area contributed by atoms with Crippen LogP contribution in [-0.2, 0) is 11.2 Å².